The third kappa shape index (κ3) is 4.25. The van der Waals surface area contributed by atoms with Gasteiger partial charge in [0.2, 0.25) is 5.91 Å². The van der Waals surface area contributed by atoms with Crippen LogP contribution in [0.15, 0.2) is 42.5 Å². The predicted molar refractivity (Wildman–Crippen MR) is 91.7 cm³/mol. The molecule has 0 saturated carbocycles. The van der Waals surface area contributed by atoms with Gasteiger partial charge in [0.1, 0.15) is 11.5 Å². The Morgan fingerprint density at radius 3 is 2.50 bits per heavy atom. The fourth-order valence-corrected chi connectivity index (χ4v) is 2.25. The third-order valence-electron chi connectivity index (χ3n) is 3.46. The van der Waals surface area contributed by atoms with E-state index < -0.39 is 0 Å². The molecule has 2 N–H and O–H groups in total. The molecule has 0 aliphatic heterocycles. The number of carbonyl (C=O) groups excluding carboxylic acids is 2. The van der Waals surface area contributed by atoms with Crippen LogP contribution in [0.5, 0.6) is 11.5 Å². The van der Waals surface area contributed by atoms with Gasteiger partial charge in [0.05, 0.1) is 26.3 Å². The summed E-state index contributed by atoms with van der Waals surface area (Å²) in [7, 11) is 4.63. The van der Waals surface area contributed by atoms with Gasteiger partial charge < -0.3 is 20.1 Å². The molecule has 2 aromatic rings. The molecule has 126 valence electrons. The average Bonchev–Trinajstić information content (AvgIpc) is 2.61. The summed E-state index contributed by atoms with van der Waals surface area (Å²) in [5, 5.41) is 5.33. The smallest absolute Gasteiger partial charge is 0.251 e. The maximum Gasteiger partial charge on any atom is 0.251 e. The van der Waals surface area contributed by atoms with Crippen molar-refractivity contribution in [1.82, 2.24) is 5.32 Å². The molecule has 2 amide bonds. The number of amides is 2. The molecule has 6 heteroatoms. The second kappa shape index (κ2) is 8.01. The molecule has 0 unspecified atom stereocenters. The Kier molecular flexibility index (Phi) is 5.78. The summed E-state index contributed by atoms with van der Waals surface area (Å²) >= 11 is 0. The Morgan fingerprint density at radius 2 is 1.83 bits per heavy atom. The lowest BCUT2D eigenvalue weighted by Crippen LogP contribution is -2.19. The Morgan fingerprint density at radius 1 is 1.04 bits per heavy atom. The van der Waals surface area contributed by atoms with E-state index in [0.29, 0.717) is 22.7 Å². The standard InChI is InChI=1S/C18H20N2O4/c1-19-18(22)13-7-8-16(24-3)15(11-13)20-17(21)10-12-5-4-6-14(9-12)23-2/h4-9,11H,10H2,1-3H3,(H,19,22)(H,20,21). The van der Waals surface area contributed by atoms with Gasteiger partial charge in [0.25, 0.3) is 5.91 Å². The van der Waals surface area contributed by atoms with Crippen LogP contribution in [-0.4, -0.2) is 33.1 Å². The average molecular weight is 328 g/mol. The molecule has 0 atom stereocenters. The SMILES string of the molecule is CNC(=O)c1ccc(OC)c(NC(=O)Cc2cccc(OC)c2)c1. The normalized spacial score (nSPS) is 9.96. The van der Waals surface area contributed by atoms with Crippen molar-refractivity contribution < 1.29 is 19.1 Å². The maximum atomic E-state index is 12.3. The molecule has 0 saturated heterocycles. The first-order chi connectivity index (χ1) is 11.6. The monoisotopic (exact) mass is 328 g/mol. The van der Waals surface area contributed by atoms with Gasteiger partial charge in [-0.05, 0) is 35.9 Å². The Labute approximate surface area is 140 Å². The van der Waals surface area contributed by atoms with Gasteiger partial charge in [-0.15, -0.1) is 0 Å². The molecule has 0 heterocycles. The number of anilines is 1. The Balaban J connectivity index is 2.16. The molecule has 6 nitrogen and oxygen atoms in total. The molecule has 24 heavy (non-hydrogen) atoms. The van der Waals surface area contributed by atoms with E-state index in [4.69, 9.17) is 9.47 Å². The molecular weight excluding hydrogens is 308 g/mol. The summed E-state index contributed by atoms with van der Waals surface area (Å²) in [6, 6.07) is 12.2. The van der Waals surface area contributed by atoms with E-state index in [-0.39, 0.29) is 18.2 Å². The van der Waals surface area contributed by atoms with Gasteiger partial charge in [-0.25, -0.2) is 0 Å². The van der Waals surface area contributed by atoms with E-state index in [1.807, 2.05) is 18.2 Å². The zero-order valence-electron chi connectivity index (χ0n) is 13.9. The van der Waals surface area contributed by atoms with Gasteiger partial charge >= 0.3 is 0 Å². The number of ether oxygens (including phenoxy) is 2. The van der Waals surface area contributed by atoms with Crippen molar-refractivity contribution in [1.29, 1.82) is 0 Å². The van der Waals surface area contributed by atoms with E-state index in [2.05, 4.69) is 10.6 Å². The molecule has 2 rings (SSSR count). The maximum absolute atomic E-state index is 12.3. The van der Waals surface area contributed by atoms with Gasteiger partial charge in [0.15, 0.2) is 0 Å². The van der Waals surface area contributed by atoms with Crippen LogP contribution in [0.25, 0.3) is 0 Å². The van der Waals surface area contributed by atoms with Gasteiger partial charge in [-0.1, -0.05) is 12.1 Å². The van der Waals surface area contributed by atoms with Crippen LogP contribution < -0.4 is 20.1 Å². The first-order valence-electron chi connectivity index (χ1n) is 7.40. The summed E-state index contributed by atoms with van der Waals surface area (Å²) in [4.78, 5) is 24.0. The number of carbonyl (C=O) groups is 2. The van der Waals surface area contributed by atoms with Crippen molar-refractivity contribution in [3.8, 4) is 11.5 Å². The highest BCUT2D eigenvalue weighted by atomic mass is 16.5. The summed E-state index contributed by atoms with van der Waals surface area (Å²) in [5.74, 6) is 0.734. The number of hydrogen-bond acceptors (Lipinski definition) is 4. The first-order valence-corrected chi connectivity index (χ1v) is 7.40. The Hall–Kier alpha value is -3.02. The zero-order valence-corrected chi connectivity index (χ0v) is 13.9. The fraction of sp³-hybridized carbons (Fsp3) is 0.222. The third-order valence-corrected chi connectivity index (χ3v) is 3.46. The fourth-order valence-electron chi connectivity index (χ4n) is 2.25. The second-order valence-corrected chi connectivity index (χ2v) is 5.07. The molecule has 0 aromatic heterocycles. The molecular formula is C18H20N2O4. The van der Waals surface area contributed by atoms with E-state index >= 15 is 0 Å². The highest BCUT2D eigenvalue weighted by Crippen LogP contribution is 2.26. The zero-order chi connectivity index (χ0) is 17.5. The molecule has 0 bridgehead atoms. The minimum Gasteiger partial charge on any atom is -0.497 e. The van der Waals surface area contributed by atoms with Crippen molar-refractivity contribution in [2.24, 2.45) is 0 Å². The highest BCUT2D eigenvalue weighted by Gasteiger charge is 2.12. The van der Waals surface area contributed by atoms with Crippen LogP contribution in [0.4, 0.5) is 5.69 Å². The molecule has 0 radical (unpaired) electrons. The van der Waals surface area contributed by atoms with Gasteiger partial charge in [0, 0.05) is 12.6 Å². The molecule has 0 aliphatic carbocycles. The number of hydrogen-bond donors (Lipinski definition) is 2. The van der Waals surface area contributed by atoms with Crippen molar-refractivity contribution in [3.63, 3.8) is 0 Å². The summed E-state index contributed by atoms with van der Waals surface area (Å²) in [5.41, 5.74) is 1.72. The van der Waals surface area contributed by atoms with Crippen LogP contribution in [0, 0.1) is 0 Å². The number of benzene rings is 2. The van der Waals surface area contributed by atoms with Crippen LogP contribution in [0.1, 0.15) is 15.9 Å². The molecule has 0 aliphatic rings. The summed E-state index contributed by atoms with van der Waals surface area (Å²) < 4.78 is 10.4. The molecule has 2 aromatic carbocycles. The van der Waals surface area contributed by atoms with Crippen LogP contribution in [0.3, 0.4) is 0 Å². The minimum absolute atomic E-state index is 0.185. The predicted octanol–water partition coefficient (Wildman–Crippen LogP) is 2.24. The van der Waals surface area contributed by atoms with Crippen LogP contribution in [-0.2, 0) is 11.2 Å². The van der Waals surface area contributed by atoms with E-state index in [1.165, 1.54) is 7.11 Å². The topological polar surface area (TPSA) is 76.7 Å². The van der Waals surface area contributed by atoms with E-state index in [0.717, 1.165) is 5.56 Å². The number of methoxy groups -OCH3 is 2. The lowest BCUT2D eigenvalue weighted by Gasteiger charge is -2.12. The number of rotatable bonds is 6. The van der Waals surface area contributed by atoms with Crippen molar-refractivity contribution in [2.45, 2.75) is 6.42 Å². The first kappa shape index (κ1) is 17.3. The quantitative estimate of drug-likeness (QED) is 0.853. The highest BCUT2D eigenvalue weighted by molar-refractivity contribution is 5.98. The van der Waals surface area contributed by atoms with E-state index in [9.17, 15) is 9.59 Å². The Bertz CT molecular complexity index is 744. The van der Waals surface area contributed by atoms with Crippen LogP contribution >= 0.6 is 0 Å². The van der Waals surface area contributed by atoms with Crippen molar-refractivity contribution >= 4 is 17.5 Å². The molecule has 0 spiro atoms. The minimum atomic E-state index is -0.235. The summed E-state index contributed by atoms with van der Waals surface area (Å²) in [6.45, 7) is 0. The largest absolute Gasteiger partial charge is 0.497 e. The van der Waals surface area contributed by atoms with Crippen molar-refractivity contribution in [3.05, 3.63) is 53.6 Å². The lowest BCUT2D eigenvalue weighted by molar-refractivity contribution is -0.115. The number of nitrogens with one attached hydrogen (secondary N) is 2. The van der Waals surface area contributed by atoms with Gasteiger partial charge in [-0.2, -0.15) is 0 Å². The van der Waals surface area contributed by atoms with Crippen molar-refractivity contribution in [2.75, 3.05) is 26.6 Å². The second-order valence-electron chi connectivity index (χ2n) is 5.07. The lowest BCUT2D eigenvalue weighted by atomic mass is 10.1. The molecule has 0 fully saturated rings. The van der Waals surface area contributed by atoms with Crippen LogP contribution in [0.2, 0.25) is 0 Å². The van der Waals surface area contributed by atoms with Gasteiger partial charge in [-0.3, -0.25) is 9.59 Å². The van der Waals surface area contributed by atoms with E-state index in [1.54, 1.807) is 38.4 Å². The summed E-state index contributed by atoms with van der Waals surface area (Å²) in [6.07, 6.45) is 0.185.